The number of aromatic nitrogens is 1. The molecular formula is C16H21N3O2. The summed E-state index contributed by atoms with van der Waals surface area (Å²) in [6.45, 7) is 2.29. The maximum Gasteiger partial charge on any atom is 0.269 e. The summed E-state index contributed by atoms with van der Waals surface area (Å²) in [5.74, 6) is -0.249. The minimum atomic E-state index is -0.249. The first-order valence-electron chi connectivity index (χ1n) is 7.37. The SMILES string of the molecule is Cc1nc(C(=O)NCC2(CO)CCCCC2)ccc1C#N. The predicted octanol–water partition coefficient (Wildman–Crippen LogP) is 1.93. The van der Waals surface area contributed by atoms with Gasteiger partial charge in [-0.25, -0.2) is 4.98 Å². The topological polar surface area (TPSA) is 86.0 Å². The molecule has 2 N–H and O–H groups in total. The predicted molar refractivity (Wildman–Crippen MR) is 78.6 cm³/mol. The molecule has 0 saturated heterocycles. The summed E-state index contributed by atoms with van der Waals surface area (Å²) >= 11 is 0. The molecule has 0 bridgehead atoms. The lowest BCUT2D eigenvalue weighted by molar-refractivity contribution is 0.0715. The first kappa shape index (κ1) is 15.5. The Bertz CT molecular complexity index is 557. The lowest BCUT2D eigenvalue weighted by Gasteiger charge is -2.35. The van der Waals surface area contributed by atoms with Crippen LogP contribution >= 0.6 is 0 Å². The van der Waals surface area contributed by atoms with E-state index in [4.69, 9.17) is 5.26 Å². The zero-order valence-electron chi connectivity index (χ0n) is 12.4. The molecule has 1 aromatic rings. The van der Waals surface area contributed by atoms with E-state index < -0.39 is 0 Å². The molecule has 21 heavy (non-hydrogen) atoms. The molecule has 5 nitrogen and oxygen atoms in total. The van der Waals surface area contributed by atoms with Crippen molar-refractivity contribution in [3.05, 3.63) is 29.1 Å². The maximum atomic E-state index is 12.2. The molecule has 2 rings (SSSR count). The Labute approximate surface area is 125 Å². The van der Waals surface area contributed by atoms with E-state index in [0.717, 1.165) is 25.7 Å². The van der Waals surface area contributed by atoms with Crippen LogP contribution in [0.3, 0.4) is 0 Å². The van der Waals surface area contributed by atoms with Crippen molar-refractivity contribution in [3.63, 3.8) is 0 Å². The van der Waals surface area contributed by atoms with Gasteiger partial charge in [0.25, 0.3) is 5.91 Å². The highest BCUT2D eigenvalue weighted by Crippen LogP contribution is 2.35. The van der Waals surface area contributed by atoms with Crippen LogP contribution in [0.2, 0.25) is 0 Å². The number of aliphatic hydroxyl groups is 1. The third-order valence-corrected chi connectivity index (χ3v) is 4.31. The minimum absolute atomic E-state index is 0.104. The first-order chi connectivity index (χ1) is 10.1. The van der Waals surface area contributed by atoms with Crippen LogP contribution in [0.1, 0.15) is 53.8 Å². The second-order valence-electron chi connectivity index (χ2n) is 5.84. The summed E-state index contributed by atoms with van der Waals surface area (Å²) in [6.07, 6.45) is 5.30. The van der Waals surface area contributed by atoms with Crippen molar-refractivity contribution in [2.75, 3.05) is 13.2 Å². The number of amides is 1. The second kappa shape index (κ2) is 6.68. The fraction of sp³-hybridized carbons (Fsp3) is 0.562. The van der Waals surface area contributed by atoms with Gasteiger partial charge < -0.3 is 10.4 Å². The van der Waals surface area contributed by atoms with Crippen molar-refractivity contribution >= 4 is 5.91 Å². The van der Waals surface area contributed by atoms with Crippen LogP contribution in [0.4, 0.5) is 0 Å². The van der Waals surface area contributed by atoms with Gasteiger partial charge in [-0.1, -0.05) is 19.3 Å². The molecule has 1 saturated carbocycles. The molecule has 0 radical (unpaired) electrons. The first-order valence-corrected chi connectivity index (χ1v) is 7.37. The van der Waals surface area contributed by atoms with E-state index in [1.54, 1.807) is 19.1 Å². The number of carbonyl (C=O) groups is 1. The van der Waals surface area contributed by atoms with Crippen LogP contribution in [-0.2, 0) is 0 Å². The molecule has 1 aliphatic rings. The zero-order valence-corrected chi connectivity index (χ0v) is 12.4. The molecule has 1 aromatic heterocycles. The van der Waals surface area contributed by atoms with Gasteiger partial charge in [0.2, 0.25) is 0 Å². The molecule has 0 aliphatic heterocycles. The average Bonchev–Trinajstić information content (AvgIpc) is 2.53. The van der Waals surface area contributed by atoms with Crippen molar-refractivity contribution in [2.45, 2.75) is 39.0 Å². The quantitative estimate of drug-likeness (QED) is 0.886. The molecule has 0 unspecified atom stereocenters. The van der Waals surface area contributed by atoms with Gasteiger partial charge in [-0.15, -0.1) is 0 Å². The van der Waals surface area contributed by atoms with Gasteiger partial charge in [0.05, 0.1) is 17.9 Å². The summed E-state index contributed by atoms with van der Waals surface area (Å²) < 4.78 is 0. The molecule has 5 heteroatoms. The lowest BCUT2D eigenvalue weighted by atomic mass is 9.74. The standard InChI is InChI=1S/C16H21N3O2/c1-12-13(9-17)5-6-14(19-12)15(21)18-10-16(11-20)7-3-2-4-8-16/h5-6,20H,2-4,7-8,10-11H2,1H3,(H,18,21). The van der Waals surface area contributed by atoms with Gasteiger partial charge in [0, 0.05) is 12.0 Å². The largest absolute Gasteiger partial charge is 0.396 e. The van der Waals surface area contributed by atoms with E-state index in [1.165, 1.54) is 6.42 Å². The number of hydrogen-bond acceptors (Lipinski definition) is 4. The molecule has 1 aliphatic carbocycles. The third kappa shape index (κ3) is 3.59. The number of carbonyl (C=O) groups excluding carboxylic acids is 1. The third-order valence-electron chi connectivity index (χ3n) is 4.31. The second-order valence-corrected chi connectivity index (χ2v) is 5.84. The summed E-state index contributed by atoms with van der Waals surface area (Å²) in [4.78, 5) is 16.3. The highest BCUT2D eigenvalue weighted by molar-refractivity contribution is 5.92. The Hall–Kier alpha value is -1.93. The highest BCUT2D eigenvalue weighted by Gasteiger charge is 2.31. The zero-order chi connectivity index (χ0) is 15.3. The van der Waals surface area contributed by atoms with Crippen LogP contribution in [0, 0.1) is 23.7 Å². The molecule has 1 heterocycles. The molecular weight excluding hydrogens is 266 g/mol. The number of nitrogens with zero attached hydrogens (tertiary/aromatic N) is 2. The smallest absolute Gasteiger partial charge is 0.269 e. The summed E-state index contributed by atoms with van der Waals surface area (Å²) in [7, 11) is 0. The number of hydrogen-bond donors (Lipinski definition) is 2. The van der Waals surface area contributed by atoms with Gasteiger partial charge >= 0.3 is 0 Å². The van der Waals surface area contributed by atoms with E-state index >= 15 is 0 Å². The average molecular weight is 287 g/mol. The van der Waals surface area contributed by atoms with Crippen molar-refractivity contribution in [3.8, 4) is 6.07 Å². The van der Waals surface area contributed by atoms with Crippen LogP contribution in [0.5, 0.6) is 0 Å². The molecule has 112 valence electrons. The Morgan fingerprint density at radius 1 is 1.43 bits per heavy atom. The summed E-state index contributed by atoms with van der Waals surface area (Å²) in [5.41, 5.74) is 1.16. The lowest BCUT2D eigenvalue weighted by Crippen LogP contribution is -2.41. The number of aryl methyl sites for hydroxylation is 1. The van der Waals surface area contributed by atoms with E-state index in [9.17, 15) is 9.90 Å². The number of rotatable bonds is 4. The summed E-state index contributed by atoms with van der Waals surface area (Å²) in [5, 5.41) is 21.4. The number of nitrogens with one attached hydrogen (secondary N) is 1. The van der Waals surface area contributed by atoms with Gasteiger partial charge in [0.15, 0.2) is 0 Å². The maximum absolute atomic E-state index is 12.2. The number of nitriles is 1. The van der Waals surface area contributed by atoms with Crippen LogP contribution in [-0.4, -0.2) is 29.1 Å². The van der Waals surface area contributed by atoms with Crippen molar-refractivity contribution in [2.24, 2.45) is 5.41 Å². The van der Waals surface area contributed by atoms with Crippen molar-refractivity contribution in [1.29, 1.82) is 5.26 Å². The van der Waals surface area contributed by atoms with E-state index in [2.05, 4.69) is 10.3 Å². The molecule has 1 amide bonds. The Morgan fingerprint density at radius 2 is 2.14 bits per heavy atom. The van der Waals surface area contributed by atoms with Gasteiger partial charge in [-0.2, -0.15) is 5.26 Å². The molecule has 1 fully saturated rings. The molecule has 0 spiro atoms. The Morgan fingerprint density at radius 3 is 2.71 bits per heavy atom. The summed E-state index contributed by atoms with van der Waals surface area (Å²) in [6, 6.07) is 5.21. The van der Waals surface area contributed by atoms with Crippen molar-refractivity contribution in [1.82, 2.24) is 10.3 Å². The fourth-order valence-corrected chi connectivity index (χ4v) is 2.86. The van der Waals surface area contributed by atoms with E-state index in [-0.39, 0.29) is 17.9 Å². The normalized spacial score (nSPS) is 17.0. The van der Waals surface area contributed by atoms with E-state index in [0.29, 0.717) is 23.5 Å². The van der Waals surface area contributed by atoms with Crippen LogP contribution in [0.15, 0.2) is 12.1 Å². The Balaban J connectivity index is 2.01. The Kier molecular flexibility index (Phi) is 4.92. The van der Waals surface area contributed by atoms with Gasteiger partial charge in [-0.05, 0) is 31.9 Å². The van der Waals surface area contributed by atoms with Gasteiger partial charge in [0.1, 0.15) is 11.8 Å². The molecule has 0 atom stereocenters. The minimum Gasteiger partial charge on any atom is -0.396 e. The fourth-order valence-electron chi connectivity index (χ4n) is 2.86. The molecule has 0 aromatic carbocycles. The highest BCUT2D eigenvalue weighted by atomic mass is 16.3. The van der Waals surface area contributed by atoms with Crippen LogP contribution in [0.25, 0.3) is 0 Å². The number of pyridine rings is 1. The van der Waals surface area contributed by atoms with Gasteiger partial charge in [-0.3, -0.25) is 4.79 Å². The van der Waals surface area contributed by atoms with Crippen LogP contribution < -0.4 is 5.32 Å². The number of aliphatic hydroxyl groups excluding tert-OH is 1. The van der Waals surface area contributed by atoms with E-state index in [1.807, 2.05) is 6.07 Å². The van der Waals surface area contributed by atoms with Crippen molar-refractivity contribution < 1.29 is 9.90 Å². The monoisotopic (exact) mass is 287 g/mol.